The van der Waals surface area contributed by atoms with E-state index in [-0.39, 0.29) is 5.91 Å². The van der Waals surface area contributed by atoms with Crippen LogP contribution in [0.4, 0.5) is 0 Å². The molecule has 0 spiro atoms. The standard InChI is InChI=1S/C15H21N3OS/c1-3-4-9-16-15(19)10-18-13-8-6-5-7-12(13)17-14(18)11-20-2/h5-8H,3-4,9-11H2,1-2H3,(H,16,19). The smallest absolute Gasteiger partial charge is 0.240 e. The highest BCUT2D eigenvalue weighted by Crippen LogP contribution is 2.18. The number of carbonyl (C=O) groups excluding carboxylic acids is 1. The zero-order valence-electron chi connectivity index (χ0n) is 12.1. The van der Waals surface area contributed by atoms with E-state index >= 15 is 0 Å². The molecule has 1 aromatic carbocycles. The number of unbranched alkanes of at least 4 members (excludes halogenated alkanes) is 1. The number of amides is 1. The van der Waals surface area contributed by atoms with Crippen LogP contribution in [0.2, 0.25) is 0 Å². The molecule has 2 aromatic rings. The summed E-state index contributed by atoms with van der Waals surface area (Å²) < 4.78 is 2.02. The van der Waals surface area contributed by atoms with Crippen molar-refractivity contribution in [1.29, 1.82) is 0 Å². The Morgan fingerprint density at radius 3 is 2.95 bits per heavy atom. The molecular weight excluding hydrogens is 270 g/mol. The van der Waals surface area contributed by atoms with E-state index in [1.165, 1.54) is 0 Å². The minimum absolute atomic E-state index is 0.0592. The molecule has 0 saturated heterocycles. The van der Waals surface area contributed by atoms with Crippen molar-refractivity contribution in [3.63, 3.8) is 0 Å². The molecule has 0 atom stereocenters. The molecule has 20 heavy (non-hydrogen) atoms. The van der Waals surface area contributed by atoms with Crippen LogP contribution in [0.3, 0.4) is 0 Å². The van der Waals surface area contributed by atoms with Gasteiger partial charge in [0.2, 0.25) is 5.91 Å². The fourth-order valence-electron chi connectivity index (χ4n) is 2.15. The third kappa shape index (κ3) is 3.54. The average molecular weight is 291 g/mol. The van der Waals surface area contributed by atoms with Crippen molar-refractivity contribution in [3.05, 3.63) is 30.1 Å². The van der Waals surface area contributed by atoms with Crippen molar-refractivity contribution < 1.29 is 4.79 Å². The van der Waals surface area contributed by atoms with Gasteiger partial charge in [0.25, 0.3) is 0 Å². The van der Waals surface area contributed by atoms with Crippen molar-refractivity contribution in [2.24, 2.45) is 0 Å². The number of fused-ring (bicyclic) bond motifs is 1. The van der Waals surface area contributed by atoms with Crippen LogP contribution in [-0.4, -0.2) is 28.3 Å². The van der Waals surface area contributed by atoms with E-state index in [1.54, 1.807) is 11.8 Å². The lowest BCUT2D eigenvalue weighted by Crippen LogP contribution is -2.28. The lowest BCUT2D eigenvalue weighted by atomic mass is 10.3. The number of benzene rings is 1. The molecule has 1 N–H and O–H groups in total. The van der Waals surface area contributed by atoms with Crippen molar-refractivity contribution in [1.82, 2.24) is 14.9 Å². The average Bonchev–Trinajstić information content (AvgIpc) is 2.78. The molecule has 0 aliphatic heterocycles. The zero-order chi connectivity index (χ0) is 14.4. The molecular formula is C15H21N3OS. The predicted molar refractivity (Wildman–Crippen MR) is 84.9 cm³/mol. The van der Waals surface area contributed by atoms with Crippen LogP contribution in [0.1, 0.15) is 25.6 Å². The first kappa shape index (κ1) is 14.9. The number of carbonyl (C=O) groups is 1. The molecule has 1 heterocycles. The molecule has 0 saturated carbocycles. The van der Waals surface area contributed by atoms with Crippen LogP contribution in [0, 0.1) is 0 Å². The second-order valence-corrected chi connectivity index (χ2v) is 5.61. The van der Waals surface area contributed by atoms with E-state index in [0.717, 1.165) is 42.0 Å². The number of thioether (sulfide) groups is 1. The number of rotatable bonds is 7. The highest BCUT2D eigenvalue weighted by Gasteiger charge is 2.12. The molecule has 1 amide bonds. The first-order chi connectivity index (χ1) is 9.76. The topological polar surface area (TPSA) is 46.9 Å². The quantitative estimate of drug-likeness (QED) is 0.798. The SMILES string of the molecule is CCCCNC(=O)Cn1c(CSC)nc2ccccc21. The Balaban J connectivity index is 2.18. The Morgan fingerprint density at radius 1 is 1.40 bits per heavy atom. The molecule has 4 nitrogen and oxygen atoms in total. The van der Waals surface area contributed by atoms with E-state index in [9.17, 15) is 4.79 Å². The molecule has 0 radical (unpaired) electrons. The largest absolute Gasteiger partial charge is 0.355 e. The van der Waals surface area contributed by atoms with Gasteiger partial charge in [-0.2, -0.15) is 11.8 Å². The van der Waals surface area contributed by atoms with E-state index < -0.39 is 0 Å². The number of para-hydroxylation sites is 2. The maximum absolute atomic E-state index is 12.0. The Morgan fingerprint density at radius 2 is 2.20 bits per heavy atom. The summed E-state index contributed by atoms with van der Waals surface area (Å²) in [6.45, 7) is 3.21. The van der Waals surface area contributed by atoms with Crippen LogP contribution in [0.5, 0.6) is 0 Å². The number of imidazole rings is 1. The summed E-state index contributed by atoms with van der Waals surface area (Å²) >= 11 is 1.72. The van der Waals surface area contributed by atoms with Gasteiger partial charge in [-0.15, -0.1) is 0 Å². The minimum atomic E-state index is 0.0592. The van der Waals surface area contributed by atoms with Gasteiger partial charge in [-0.05, 0) is 24.8 Å². The summed E-state index contributed by atoms with van der Waals surface area (Å²) in [7, 11) is 0. The van der Waals surface area contributed by atoms with Crippen molar-refractivity contribution in [2.75, 3.05) is 12.8 Å². The van der Waals surface area contributed by atoms with Crippen LogP contribution in [0.15, 0.2) is 24.3 Å². The van der Waals surface area contributed by atoms with Gasteiger partial charge in [-0.3, -0.25) is 4.79 Å². The Labute approximate surface area is 124 Å². The lowest BCUT2D eigenvalue weighted by Gasteiger charge is -2.09. The van der Waals surface area contributed by atoms with Gasteiger partial charge in [-0.1, -0.05) is 25.5 Å². The summed E-state index contributed by atoms with van der Waals surface area (Å²) in [6, 6.07) is 7.97. The Hall–Kier alpha value is -1.49. The number of hydrogen-bond acceptors (Lipinski definition) is 3. The number of aromatic nitrogens is 2. The van der Waals surface area contributed by atoms with Crippen LogP contribution < -0.4 is 5.32 Å². The highest BCUT2D eigenvalue weighted by atomic mass is 32.2. The summed E-state index contributed by atoms with van der Waals surface area (Å²) in [5.41, 5.74) is 1.99. The normalized spacial score (nSPS) is 10.9. The first-order valence-corrected chi connectivity index (χ1v) is 8.35. The Kier molecular flexibility index (Phi) is 5.47. The lowest BCUT2D eigenvalue weighted by molar-refractivity contribution is -0.121. The van der Waals surface area contributed by atoms with Crippen molar-refractivity contribution in [2.45, 2.75) is 32.1 Å². The molecule has 0 bridgehead atoms. The maximum atomic E-state index is 12.0. The number of nitrogens with zero attached hydrogens (tertiary/aromatic N) is 2. The molecule has 5 heteroatoms. The molecule has 0 aliphatic rings. The monoisotopic (exact) mass is 291 g/mol. The number of nitrogens with one attached hydrogen (secondary N) is 1. The van der Waals surface area contributed by atoms with Gasteiger partial charge < -0.3 is 9.88 Å². The van der Waals surface area contributed by atoms with Crippen molar-refractivity contribution >= 4 is 28.7 Å². The van der Waals surface area contributed by atoms with E-state index in [2.05, 4.69) is 17.2 Å². The third-order valence-corrected chi connectivity index (χ3v) is 3.71. The molecule has 0 fully saturated rings. The summed E-state index contributed by atoms with van der Waals surface area (Å²) in [5.74, 6) is 1.84. The van der Waals surface area contributed by atoms with Crippen LogP contribution >= 0.6 is 11.8 Å². The molecule has 108 valence electrons. The highest BCUT2D eigenvalue weighted by molar-refractivity contribution is 7.97. The van der Waals surface area contributed by atoms with E-state index in [4.69, 9.17) is 0 Å². The molecule has 1 aromatic heterocycles. The summed E-state index contributed by atoms with van der Waals surface area (Å²) in [5, 5.41) is 2.96. The van der Waals surface area contributed by atoms with Gasteiger partial charge >= 0.3 is 0 Å². The minimum Gasteiger partial charge on any atom is -0.355 e. The molecule has 2 rings (SSSR count). The fourth-order valence-corrected chi connectivity index (χ4v) is 2.62. The Bertz CT molecular complexity index is 580. The van der Waals surface area contributed by atoms with Gasteiger partial charge in [0, 0.05) is 6.54 Å². The van der Waals surface area contributed by atoms with Gasteiger partial charge in [0.1, 0.15) is 12.4 Å². The second kappa shape index (κ2) is 7.33. The maximum Gasteiger partial charge on any atom is 0.240 e. The van der Waals surface area contributed by atoms with Crippen LogP contribution in [-0.2, 0) is 17.1 Å². The van der Waals surface area contributed by atoms with E-state index in [1.807, 2.05) is 35.1 Å². The predicted octanol–water partition coefficient (Wildman–Crippen LogP) is 2.82. The summed E-state index contributed by atoms with van der Waals surface area (Å²) in [4.78, 5) is 16.6. The van der Waals surface area contributed by atoms with Gasteiger partial charge in [0.05, 0.1) is 16.8 Å². The van der Waals surface area contributed by atoms with Gasteiger partial charge in [-0.25, -0.2) is 4.98 Å². The zero-order valence-corrected chi connectivity index (χ0v) is 12.9. The molecule has 0 unspecified atom stereocenters. The fraction of sp³-hybridized carbons (Fsp3) is 0.467. The van der Waals surface area contributed by atoms with E-state index in [0.29, 0.717) is 6.54 Å². The third-order valence-electron chi connectivity index (χ3n) is 3.16. The van der Waals surface area contributed by atoms with Gasteiger partial charge in [0.15, 0.2) is 0 Å². The second-order valence-electron chi connectivity index (χ2n) is 4.74. The van der Waals surface area contributed by atoms with Crippen molar-refractivity contribution in [3.8, 4) is 0 Å². The summed E-state index contributed by atoms with van der Waals surface area (Å²) in [6.07, 6.45) is 4.16. The number of hydrogen-bond donors (Lipinski definition) is 1. The first-order valence-electron chi connectivity index (χ1n) is 6.96. The van der Waals surface area contributed by atoms with Crippen LogP contribution in [0.25, 0.3) is 11.0 Å². The molecule has 0 aliphatic carbocycles.